The zero-order chi connectivity index (χ0) is 15.6. The van der Waals surface area contributed by atoms with E-state index in [9.17, 15) is 4.79 Å². The van der Waals surface area contributed by atoms with Crippen molar-refractivity contribution in [2.45, 2.75) is 38.1 Å². The Morgan fingerprint density at radius 2 is 2.00 bits per heavy atom. The lowest BCUT2D eigenvalue weighted by Crippen LogP contribution is -2.51. The lowest BCUT2D eigenvalue weighted by molar-refractivity contribution is 0.0575. The number of fused-ring (bicyclic) bond motifs is 2. The number of hydrogen-bond acceptors (Lipinski definition) is 4. The van der Waals surface area contributed by atoms with Crippen molar-refractivity contribution in [2.75, 3.05) is 26.4 Å². The third kappa shape index (κ3) is 3.02. The van der Waals surface area contributed by atoms with Crippen LogP contribution in [0.1, 0.15) is 42.5 Å². The lowest BCUT2D eigenvalue weighted by atomic mass is 9.83. The van der Waals surface area contributed by atoms with Crippen molar-refractivity contribution in [3.63, 3.8) is 0 Å². The van der Waals surface area contributed by atoms with Crippen molar-refractivity contribution in [1.29, 1.82) is 0 Å². The van der Waals surface area contributed by atoms with E-state index < -0.39 is 0 Å². The standard InChI is InChI=1S/C18H24N2O3/c21-18(13-6-7-16-17(10-13)23-12-22-16)19-11-14-4-3-9-20-8-2-1-5-15(14)20/h6-7,10,14-15H,1-5,8-9,11-12H2,(H,19,21)/t14-,15+/m1/s1. The van der Waals surface area contributed by atoms with Gasteiger partial charge in [0.05, 0.1) is 0 Å². The van der Waals surface area contributed by atoms with Gasteiger partial charge in [0.2, 0.25) is 6.79 Å². The molecular weight excluding hydrogens is 292 g/mol. The number of nitrogens with zero attached hydrogens (tertiary/aromatic N) is 1. The Morgan fingerprint density at radius 1 is 1.13 bits per heavy atom. The summed E-state index contributed by atoms with van der Waals surface area (Å²) >= 11 is 0. The van der Waals surface area contributed by atoms with Crippen LogP contribution in [0.4, 0.5) is 0 Å². The molecule has 3 heterocycles. The maximum absolute atomic E-state index is 12.4. The first-order valence-corrected chi connectivity index (χ1v) is 8.73. The molecule has 1 N–H and O–H groups in total. The summed E-state index contributed by atoms with van der Waals surface area (Å²) in [5, 5.41) is 3.13. The molecule has 0 bridgehead atoms. The second kappa shape index (κ2) is 6.40. The molecule has 0 unspecified atom stereocenters. The Hall–Kier alpha value is -1.75. The first kappa shape index (κ1) is 14.8. The Balaban J connectivity index is 1.37. The van der Waals surface area contributed by atoms with E-state index in [-0.39, 0.29) is 12.7 Å². The van der Waals surface area contributed by atoms with Gasteiger partial charge in [-0.25, -0.2) is 0 Å². The maximum Gasteiger partial charge on any atom is 0.251 e. The highest BCUT2D eigenvalue weighted by atomic mass is 16.7. The largest absolute Gasteiger partial charge is 0.454 e. The number of hydrogen-bond donors (Lipinski definition) is 1. The van der Waals surface area contributed by atoms with E-state index in [0.717, 1.165) is 6.54 Å². The van der Waals surface area contributed by atoms with E-state index in [1.807, 2.05) is 0 Å². The Bertz CT molecular complexity index is 588. The normalized spacial score (nSPS) is 26.6. The third-order valence-corrected chi connectivity index (χ3v) is 5.39. The van der Waals surface area contributed by atoms with Gasteiger partial charge in [0.1, 0.15) is 0 Å². The molecule has 2 fully saturated rings. The summed E-state index contributed by atoms with van der Waals surface area (Å²) in [6.07, 6.45) is 6.41. The van der Waals surface area contributed by atoms with Crippen molar-refractivity contribution < 1.29 is 14.3 Å². The summed E-state index contributed by atoms with van der Waals surface area (Å²) in [4.78, 5) is 15.1. The van der Waals surface area contributed by atoms with Gasteiger partial charge in [-0.05, 0) is 62.9 Å². The number of nitrogens with one attached hydrogen (secondary N) is 1. The van der Waals surface area contributed by atoms with Crippen LogP contribution in [-0.2, 0) is 0 Å². The second-order valence-electron chi connectivity index (χ2n) is 6.78. The summed E-state index contributed by atoms with van der Waals surface area (Å²) in [7, 11) is 0. The van der Waals surface area contributed by atoms with Gasteiger partial charge in [-0.3, -0.25) is 4.79 Å². The molecule has 5 heteroatoms. The van der Waals surface area contributed by atoms with E-state index >= 15 is 0 Å². The van der Waals surface area contributed by atoms with Crippen LogP contribution in [0.3, 0.4) is 0 Å². The van der Waals surface area contributed by atoms with Crippen LogP contribution in [-0.4, -0.2) is 43.3 Å². The van der Waals surface area contributed by atoms with E-state index in [2.05, 4.69) is 10.2 Å². The molecule has 1 aromatic rings. The van der Waals surface area contributed by atoms with Gasteiger partial charge in [-0.2, -0.15) is 0 Å². The SMILES string of the molecule is O=C(NC[C@H]1CCCN2CCCC[C@@H]12)c1ccc2c(c1)OCO2. The number of ether oxygens (including phenoxy) is 2. The molecule has 23 heavy (non-hydrogen) atoms. The fraction of sp³-hybridized carbons (Fsp3) is 0.611. The number of amides is 1. The molecule has 5 nitrogen and oxygen atoms in total. The highest BCUT2D eigenvalue weighted by Gasteiger charge is 2.33. The average molecular weight is 316 g/mol. The molecule has 4 rings (SSSR count). The smallest absolute Gasteiger partial charge is 0.251 e. The fourth-order valence-electron chi connectivity index (χ4n) is 4.18. The quantitative estimate of drug-likeness (QED) is 0.930. The summed E-state index contributed by atoms with van der Waals surface area (Å²) < 4.78 is 10.6. The summed E-state index contributed by atoms with van der Waals surface area (Å²) in [6, 6.07) is 6.04. The Kier molecular flexibility index (Phi) is 4.12. The maximum atomic E-state index is 12.4. The van der Waals surface area contributed by atoms with Crippen molar-refractivity contribution in [3.8, 4) is 11.5 Å². The molecule has 124 valence electrons. The number of carbonyl (C=O) groups excluding carboxylic acids is 1. The number of piperidine rings is 2. The monoisotopic (exact) mass is 316 g/mol. The van der Waals surface area contributed by atoms with Crippen molar-refractivity contribution in [3.05, 3.63) is 23.8 Å². The topological polar surface area (TPSA) is 50.8 Å². The van der Waals surface area contributed by atoms with Crippen LogP contribution < -0.4 is 14.8 Å². The minimum atomic E-state index is -0.0174. The number of carbonyl (C=O) groups is 1. The number of rotatable bonds is 3. The predicted octanol–water partition coefficient (Wildman–Crippen LogP) is 2.41. The molecule has 1 amide bonds. The van der Waals surface area contributed by atoms with E-state index in [1.165, 1.54) is 45.2 Å². The number of benzene rings is 1. The zero-order valence-electron chi connectivity index (χ0n) is 13.4. The molecule has 0 aromatic heterocycles. The third-order valence-electron chi connectivity index (χ3n) is 5.39. The molecule has 3 aliphatic rings. The molecular formula is C18H24N2O3. The Labute approximate surface area is 136 Å². The van der Waals surface area contributed by atoms with Crippen LogP contribution in [0.25, 0.3) is 0 Å². The molecule has 0 saturated carbocycles. The summed E-state index contributed by atoms with van der Waals surface area (Å²) in [5.41, 5.74) is 0.644. The van der Waals surface area contributed by atoms with Gasteiger partial charge in [0.15, 0.2) is 11.5 Å². The molecule has 2 atom stereocenters. The Morgan fingerprint density at radius 3 is 2.96 bits per heavy atom. The molecule has 2 saturated heterocycles. The van der Waals surface area contributed by atoms with Gasteiger partial charge in [0, 0.05) is 18.2 Å². The first-order valence-electron chi connectivity index (χ1n) is 8.73. The van der Waals surface area contributed by atoms with Crippen LogP contribution in [0.15, 0.2) is 18.2 Å². The van der Waals surface area contributed by atoms with E-state index in [4.69, 9.17) is 9.47 Å². The van der Waals surface area contributed by atoms with Gasteiger partial charge < -0.3 is 19.7 Å². The molecule has 1 aromatic carbocycles. The molecule has 0 aliphatic carbocycles. The zero-order valence-corrected chi connectivity index (χ0v) is 13.4. The van der Waals surface area contributed by atoms with Gasteiger partial charge in [-0.15, -0.1) is 0 Å². The predicted molar refractivity (Wildman–Crippen MR) is 86.8 cm³/mol. The van der Waals surface area contributed by atoms with Gasteiger partial charge >= 0.3 is 0 Å². The summed E-state index contributed by atoms with van der Waals surface area (Å²) in [6.45, 7) is 3.48. The highest BCUT2D eigenvalue weighted by Crippen LogP contribution is 2.33. The summed E-state index contributed by atoms with van der Waals surface area (Å²) in [5.74, 6) is 1.94. The first-order chi connectivity index (χ1) is 11.3. The van der Waals surface area contributed by atoms with E-state index in [1.54, 1.807) is 18.2 Å². The molecule has 0 radical (unpaired) electrons. The minimum absolute atomic E-state index is 0.0174. The van der Waals surface area contributed by atoms with Crippen LogP contribution in [0.2, 0.25) is 0 Å². The highest BCUT2D eigenvalue weighted by molar-refractivity contribution is 5.94. The van der Waals surface area contributed by atoms with Gasteiger partial charge in [0.25, 0.3) is 5.91 Å². The second-order valence-corrected chi connectivity index (χ2v) is 6.78. The van der Waals surface area contributed by atoms with Crippen molar-refractivity contribution >= 4 is 5.91 Å². The van der Waals surface area contributed by atoms with Crippen LogP contribution in [0.5, 0.6) is 11.5 Å². The van der Waals surface area contributed by atoms with Crippen molar-refractivity contribution in [1.82, 2.24) is 10.2 Å². The minimum Gasteiger partial charge on any atom is -0.454 e. The lowest BCUT2D eigenvalue weighted by Gasteiger charge is -2.44. The van der Waals surface area contributed by atoms with Crippen LogP contribution >= 0.6 is 0 Å². The fourth-order valence-corrected chi connectivity index (χ4v) is 4.18. The van der Waals surface area contributed by atoms with Crippen LogP contribution in [0, 0.1) is 5.92 Å². The van der Waals surface area contributed by atoms with Crippen molar-refractivity contribution in [2.24, 2.45) is 5.92 Å². The molecule has 0 spiro atoms. The molecule has 3 aliphatic heterocycles. The average Bonchev–Trinajstić information content (AvgIpc) is 3.07. The van der Waals surface area contributed by atoms with Gasteiger partial charge in [-0.1, -0.05) is 6.42 Å². The van der Waals surface area contributed by atoms with E-state index in [0.29, 0.717) is 29.0 Å².